The van der Waals surface area contributed by atoms with E-state index in [-0.39, 0.29) is 17.2 Å². The molecule has 1 aromatic rings. The Morgan fingerprint density at radius 1 is 1.44 bits per heavy atom. The highest BCUT2D eigenvalue weighted by atomic mass is 16.2. The smallest absolute Gasteiger partial charge is 0.271 e. The Labute approximate surface area is 104 Å². The molecular formula is C12H16N4O2. The van der Waals surface area contributed by atoms with E-state index in [0.717, 1.165) is 25.9 Å². The first kappa shape index (κ1) is 12.5. The molecule has 2 heterocycles. The largest absolute Gasteiger partial charge is 0.350 e. The molecule has 1 aliphatic rings. The molecule has 0 fully saturated rings. The highest BCUT2D eigenvalue weighted by Crippen LogP contribution is 2.07. The van der Waals surface area contributed by atoms with Crippen LogP contribution >= 0.6 is 0 Å². The summed E-state index contributed by atoms with van der Waals surface area (Å²) in [4.78, 5) is 22.5. The van der Waals surface area contributed by atoms with Gasteiger partial charge in [0.25, 0.3) is 11.5 Å². The third-order valence-corrected chi connectivity index (χ3v) is 2.80. The minimum absolute atomic E-state index is 0.230. The van der Waals surface area contributed by atoms with Crippen molar-refractivity contribution in [1.29, 1.82) is 0 Å². The Morgan fingerprint density at radius 2 is 2.33 bits per heavy atom. The molecule has 0 radical (unpaired) electrons. The molecule has 6 nitrogen and oxygen atoms in total. The number of carbonyl (C=O) groups excluding carboxylic acids is 1. The van der Waals surface area contributed by atoms with Crippen molar-refractivity contribution in [2.45, 2.75) is 12.8 Å². The van der Waals surface area contributed by atoms with Crippen molar-refractivity contribution in [2.75, 3.05) is 19.6 Å². The van der Waals surface area contributed by atoms with Crippen molar-refractivity contribution < 1.29 is 4.79 Å². The fourth-order valence-electron chi connectivity index (χ4n) is 1.79. The zero-order valence-electron chi connectivity index (χ0n) is 10.0. The Hall–Kier alpha value is -1.95. The summed E-state index contributed by atoms with van der Waals surface area (Å²) in [5.41, 5.74) is 1.28. The fourth-order valence-corrected chi connectivity index (χ4v) is 1.79. The SMILES string of the molecule is O=C(NCCC1=CCNCC1)c1ccc(=O)[nH]n1. The molecule has 0 atom stereocenters. The minimum atomic E-state index is -0.314. The van der Waals surface area contributed by atoms with Crippen LogP contribution in [0.15, 0.2) is 28.6 Å². The first-order chi connectivity index (χ1) is 8.75. The van der Waals surface area contributed by atoms with Crippen LogP contribution in [0.3, 0.4) is 0 Å². The quantitative estimate of drug-likeness (QED) is 0.645. The van der Waals surface area contributed by atoms with Gasteiger partial charge in [-0.3, -0.25) is 9.59 Å². The Bertz CT molecular complexity index is 487. The van der Waals surface area contributed by atoms with E-state index in [1.165, 1.54) is 17.7 Å². The van der Waals surface area contributed by atoms with Crippen molar-refractivity contribution in [3.63, 3.8) is 0 Å². The average molecular weight is 248 g/mol. The number of amides is 1. The van der Waals surface area contributed by atoms with Gasteiger partial charge in [0.05, 0.1) is 0 Å². The third kappa shape index (κ3) is 3.53. The van der Waals surface area contributed by atoms with E-state index in [0.29, 0.717) is 6.54 Å². The average Bonchev–Trinajstić information content (AvgIpc) is 2.40. The van der Waals surface area contributed by atoms with Crippen LogP contribution in [-0.2, 0) is 0 Å². The molecule has 1 amide bonds. The molecule has 0 saturated carbocycles. The second kappa shape index (κ2) is 6.11. The van der Waals surface area contributed by atoms with Crippen molar-refractivity contribution in [2.24, 2.45) is 0 Å². The standard InChI is InChI=1S/C12H16N4O2/c17-11-2-1-10(15-16-11)12(18)14-8-5-9-3-6-13-7-4-9/h1-3,13H,4-8H2,(H,14,18)(H,16,17). The zero-order chi connectivity index (χ0) is 12.8. The lowest BCUT2D eigenvalue weighted by molar-refractivity contribution is 0.0948. The lowest BCUT2D eigenvalue weighted by Crippen LogP contribution is -2.28. The molecule has 0 aromatic carbocycles. The van der Waals surface area contributed by atoms with E-state index < -0.39 is 0 Å². The van der Waals surface area contributed by atoms with E-state index in [4.69, 9.17) is 0 Å². The van der Waals surface area contributed by atoms with E-state index in [1.807, 2.05) is 0 Å². The molecule has 96 valence electrons. The number of nitrogens with one attached hydrogen (secondary N) is 3. The molecule has 0 saturated heterocycles. The van der Waals surface area contributed by atoms with Gasteiger partial charge in [-0.2, -0.15) is 5.10 Å². The Morgan fingerprint density at radius 3 is 3.00 bits per heavy atom. The molecule has 2 rings (SSSR count). The van der Waals surface area contributed by atoms with Gasteiger partial charge >= 0.3 is 0 Å². The van der Waals surface area contributed by atoms with Gasteiger partial charge in [-0.25, -0.2) is 5.10 Å². The van der Waals surface area contributed by atoms with Gasteiger partial charge in [0.1, 0.15) is 5.69 Å². The van der Waals surface area contributed by atoms with Crippen LogP contribution in [0.2, 0.25) is 0 Å². The highest BCUT2D eigenvalue weighted by molar-refractivity contribution is 5.91. The molecule has 0 spiro atoms. The van der Waals surface area contributed by atoms with E-state index in [2.05, 4.69) is 26.9 Å². The van der Waals surface area contributed by atoms with Crippen LogP contribution in [0, 0.1) is 0 Å². The topological polar surface area (TPSA) is 86.9 Å². The Kier molecular flexibility index (Phi) is 4.25. The van der Waals surface area contributed by atoms with Crippen LogP contribution < -0.4 is 16.2 Å². The van der Waals surface area contributed by atoms with Crippen molar-refractivity contribution in [3.05, 3.63) is 39.8 Å². The van der Waals surface area contributed by atoms with Crippen LogP contribution in [0.4, 0.5) is 0 Å². The number of aromatic amines is 1. The molecule has 6 heteroatoms. The normalized spacial score (nSPS) is 15.0. The second-order valence-corrected chi connectivity index (χ2v) is 4.13. The van der Waals surface area contributed by atoms with Gasteiger partial charge in [0, 0.05) is 19.2 Å². The zero-order valence-corrected chi connectivity index (χ0v) is 10.0. The van der Waals surface area contributed by atoms with Crippen molar-refractivity contribution in [3.8, 4) is 0 Å². The van der Waals surface area contributed by atoms with E-state index in [9.17, 15) is 9.59 Å². The Balaban J connectivity index is 1.79. The number of hydrogen-bond donors (Lipinski definition) is 3. The molecule has 0 bridgehead atoms. The third-order valence-electron chi connectivity index (χ3n) is 2.80. The van der Waals surface area contributed by atoms with Gasteiger partial charge < -0.3 is 10.6 Å². The predicted molar refractivity (Wildman–Crippen MR) is 67.4 cm³/mol. The molecule has 0 unspecified atom stereocenters. The summed E-state index contributed by atoms with van der Waals surface area (Å²) in [5, 5.41) is 11.9. The first-order valence-electron chi connectivity index (χ1n) is 5.98. The minimum Gasteiger partial charge on any atom is -0.350 e. The monoisotopic (exact) mass is 248 g/mol. The molecule has 3 N–H and O–H groups in total. The van der Waals surface area contributed by atoms with E-state index in [1.54, 1.807) is 0 Å². The summed E-state index contributed by atoms with van der Waals surface area (Å²) >= 11 is 0. The van der Waals surface area contributed by atoms with E-state index >= 15 is 0 Å². The molecular weight excluding hydrogens is 232 g/mol. The molecule has 0 aliphatic carbocycles. The number of aromatic nitrogens is 2. The van der Waals surface area contributed by atoms with Gasteiger partial charge in [-0.1, -0.05) is 11.6 Å². The fraction of sp³-hybridized carbons (Fsp3) is 0.417. The number of rotatable bonds is 4. The van der Waals surface area contributed by atoms with Crippen LogP contribution in [0.1, 0.15) is 23.3 Å². The van der Waals surface area contributed by atoms with Crippen LogP contribution in [0.25, 0.3) is 0 Å². The van der Waals surface area contributed by atoms with Gasteiger partial charge in [-0.15, -0.1) is 0 Å². The van der Waals surface area contributed by atoms with Crippen molar-refractivity contribution >= 4 is 5.91 Å². The lowest BCUT2D eigenvalue weighted by atomic mass is 10.1. The maximum atomic E-state index is 11.7. The van der Waals surface area contributed by atoms with Crippen LogP contribution in [0.5, 0.6) is 0 Å². The summed E-state index contributed by atoms with van der Waals surface area (Å²) in [5.74, 6) is -0.263. The van der Waals surface area contributed by atoms with Gasteiger partial charge in [0.15, 0.2) is 0 Å². The molecule has 1 aliphatic heterocycles. The number of H-pyrrole nitrogens is 1. The lowest BCUT2D eigenvalue weighted by Gasteiger charge is -2.13. The summed E-state index contributed by atoms with van der Waals surface area (Å²) in [7, 11) is 0. The maximum Gasteiger partial charge on any atom is 0.271 e. The first-order valence-corrected chi connectivity index (χ1v) is 5.98. The second-order valence-electron chi connectivity index (χ2n) is 4.13. The number of hydrogen-bond acceptors (Lipinski definition) is 4. The number of nitrogens with zero attached hydrogens (tertiary/aromatic N) is 1. The predicted octanol–water partition coefficient (Wildman–Crippen LogP) is -0.191. The summed E-state index contributed by atoms with van der Waals surface area (Å²) in [6.45, 7) is 2.50. The molecule has 1 aromatic heterocycles. The maximum absolute atomic E-state index is 11.7. The van der Waals surface area contributed by atoms with Crippen LogP contribution in [-0.4, -0.2) is 35.7 Å². The summed E-state index contributed by atoms with van der Waals surface area (Å²) < 4.78 is 0. The van der Waals surface area contributed by atoms with Crippen molar-refractivity contribution in [1.82, 2.24) is 20.8 Å². The highest BCUT2D eigenvalue weighted by Gasteiger charge is 2.07. The summed E-state index contributed by atoms with van der Waals surface area (Å²) in [6.07, 6.45) is 4.05. The van der Waals surface area contributed by atoms with Gasteiger partial charge in [-0.05, 0) is 25.5 Å². The molecule has 18 heavy (non-hydrogen) atoms. The number of carbonyl (C=O) groups is 1. The summed E-state index contributed by atoms with van der Waals surface area (Å²) in [6, 6.07) is 2.70. The van der Waals surface area contributed by atoms with Gasteiger partial charge in [0.2, 0.25) is 0 Å².